The predicted octanol–water partition coefficient (Wildman–Crippen LogP) is -1.94. The molecule has 1 atom stereocenters. The number of urea groups is 1. The number of carbonyl (C=O) groups is 2. The standard InChI is InChI=1S/C8H13N5O4/c1-13-4-10-12-6(13)2-9-8(17)11-5(3-14)7(15)16/h4-5,14H,2-3H2,1H3,(H,15,16)(H2,9,11,17). The number of hydrogen-bond acceptors (Lipinski definition) is 5. The largest absolute Gasteiger partial charge is 0.480 e. The number of carboxylic acid groups (broad SMARTS) is 1. The third-order valence-corrected chi connectivity index (χ3v) is 2.00. The molecule has 17 heavy (non-hydrogen) atoms. The van der Waals surface area contributed by atoms with E-state index in [9.17, 15) is 9.59 Å². The molecule has 0 aliphatic rings. The van der Waals surface area contributed by atoms with E-state index in [2.05, 4.69) is 20.8 Å². The van der Waals surface area contributed by atoms with Gasteiger partial charge >= 0.3 is 12.0 Å². The Hall–Kier alpha value is -2.16. The van der Waals surface area contributed by atoms with Gasteiger partial charge in [-0.3, -0.25) is 0 Å². The van der Waals surface area contributed by atoms with Crippen molar-refractivity contribution in [1.29, 1.82) is 0 Å². The Morgan fingerprint density at radius 1 is 1.59 bits per heavy atom. The van der Waals surface area contributed by atoms with Gasteiger partial charge in [0, 0.05) is 7.05 Å². The van der Waals surface area contributed by atoms with Gasteiger partial charge in [0.1, 0.15) is 6.33 Å². The van der Waals surface area contributed by atoms with Crippen LogP contribution in [0.4, 0.5) is 4.79 Å². The Morgan fingerprint density at radius 2 is 2.29 bits per heavy atom. The van der Waals surface area contributed by atoms with E-state index in [-0.39, 0.29) is 6.54 Å². The van der Waals surface area contributed by atoms with Crippen molar-refractivity contribution in [3.63, 3.8) is 0 Å². The number of aliphatic hydroxyl groups is 1. The smallest absolute Gasteiger partial charge is 0.328 e. The summed E-state index contributed by atoms with van der Waals surface area (Å²) in [5.74, 6) is -0.780. The first-order chi connectivity index (χ1) is 8.04. The molecule has 0 aromatic carbocycles. The van der Waals surface area contributed by atoms with Crippen molar-refractivity contribution in [2.24, 2.45) is 7.05 Å². The molecule has 1 aromatic rings. The molecule has 0 aliphatic carbocycles. The highest BCUT2D eigenvalue weighted by Gasteiger charge is 2.18. The van der Waals surface area contributed by atoms with E-state index in [1.54, 1.807) is 11.6 Å². The van der Waals surface area contributed by atoms with E-state index in [1.807, 2.05) is 0 Å². The van der Waals surface area contributed by atoms with Gasteiger partial charge in [-0.2, -0.15) is 0 Å². The van der Waals surface area contributed by atoms with Crippen LogP contribution in [-0.4, -0.2) is 49.6 Å². The zero-order valence-electron chi connectivity index (χ0n) is 9.12. The fourth-order valence-electron chi connectivity index (χ4n) is 1.02. The summed E-state index contributed by atoms with van der Waals surface area (Å²) in [7, 11) is 1.71. The first-order valence-corrected chi connectivity index (χ1v) is 4.75. The minimum Gasteiger partial charge on any atom is -0.480 e. The molecule has 0 spiro atoms. The molecular formula is C8H13N5O4. The van der Waals surface area contributed by atoms with Crippen LogP contribution in [0.1, 0.15) is 5.82 Å². The van der Waals surface area contributed by atoms with E-state index in [0.29, 0.717) is 5.82 Å². The van der Waals surface area contributed by atoms with Crippen molar-refractivity contribution >= 4 is 12.0 Å². The third kappa shape index (κ3) is 3.72. The SMILES string of the molecule is Cn1cnnc1CNC(=O)NC(CO)C(=O)O. The molecular weight excluding hydrogens is 230 g/mol. The molecule has 0 saturated carbocycles. The van der Waals surface area contributed by atoms with Crippen LogP contribution in [-0.2, 0) is 18.4 Å². The fraction of sp³-hybridized carbons (Fsp3) is 0.500. The van der Waals surface area contributed by atoms with Gasteiger partial charge in [0.05, 0.1) is 13.2 Å². The monoisotopic (exact) mass is 243 g/mol. The summed E-state index contributed by atoms with van der Waals surface area (Å²) in [5.41, 5.74) is 0. The van der Waals surface area contributed by atoms with Crippen LogP contribution in [0.5, 0.6) is 0 Å². The zero-order valence-corrected chi connectivity index (χ0v) is 9.12. The van der Waals surface area contributed by atoms with Gasteiger partial charge in [0.2, 0.25) is 0 Å². The number of rotatable bonds is 5. The number of carboxylic acids is 1. The van der Waals surface area contributed by atoms with E-state index in [4.69, 9.17) is 10.2 Å². The first-order valence-electron chi connectivity index (χ1n) is 4.75. The van der Waals surface area contributed by atoms with E-state index >= 15 is 0 Å². The maximum Gasteiger partial charge on any atom is 0.328 e. The summed E-state index contributed by atoms with van der Waals surface area (Å²) in [5, 5.41) is 29.1. The van der Waals surface area contributed by atoms with Gasteiger partial charge < -0.3 is 25.4 Å². The molecule has 0 bridgehead atoms. The minimum atomic E-state index is -1.32. The van der Waals surface area contributed by atoms with Crippen molar-refractivity contribution in [2.45, 2.75) is 12.6 Å². The number of nitrogens with one attached hydrogen (secondary N) is 2. The predicted molar refractivity (Wildman–Crippen MR) is 54.9 cm³/mol. The molecule has 1 aromatic heterocycles. The molecule has 1 heterocycles. The molecule has 94 valence electrons. The van der Waals surface area contributed by atoms with Gasteiger partial charge in [-0.05, 0) is 0 Å². The Morgan fingerprint density at radius 3 is 2.76 bits per heavy atom. The molecule has 9 nitrogen and oxygen atoms in total. The molecule has 0 fully saturated rings. The van der Waals surface area contributed by atoms with Crippen molar-refractivity contribution in [1.82, 2.24) is 25.4 Å². The lowest BCUT2D eigenvalue weighted by Gasteiger charge is -2.12. The molecule has 0 aliphatic heterocycles. The normalized spacial score (nSPS) is 11.9. The third-order valence-electron chi connectivity index (χ3n) is 2.00. The van der Waals surface area contributed by atoms with Crippen LogP contribution in [0.25, 0.3) is 0 Å². The molecule has 0 radical (unpaired) electrons. The van der Waals surface area contributed by atoms with E-state index < -0.39 is 24.6 Å². The van der Waals surface area contributed by atoms with Gasteiger partial charge in [-0.15, -0.1) is 10.2 Å². The van der Waals surface area contributed by atoms with Crippen LogP contribution in [0.3, 0.4) is 0 Å². The van der Waals surface area contributed by atoms with Crippen LogP contribution >= 0.6 is 0 Å². The zero-order chi connectivity index (χ0) is 12.8. The van der Waals surface area contributed by atoms with Crippen LogP contribution in [0.2, 0.25) is 0 Å². The molecule has 9 heteroatoms. The first kappa shape index (κ1) is 12.9. The maximum atomic E-state index is 11.3. The topological polar surface area (TPSA) is 129 Å². The number of aliphatic hydroxyl groups excluding tert-OH is 1. The molecule has 1 rings (SSSR count). The average Bonchev–Trinajstić information content (AvgIpc) is 2.68. The van der Waals surface area contributed by atoms with Crippen LogP contribution < -0.4 is 10.6 Å². The maximum absolute atomic E-state index is 11.3. The van der Waals surface area contributed by atoms with Gasteiger partial charge in [-0.1, -0.05) is 0 Å². The number of hydrogen-bond donors (Lipinski definition) is 4. The Balaban J connectivity index is 2.40. The van der Waals surface area contributed by atoms with E-state index in [0.717, 1.165) is 0 Å². The second-order valence-electron chi connectivity index (χ2n) is 3.26. The lowest BCUT2D eigenvalue weighted by Crippen LogP contribution is -2.47. The Kier molecular flexibility index (Phi) is 4.40. The van der Waals surface area contributed by atoms with Crippen molar-refractivity contribution < 1.29 is 19.8 Å². The van der Waals surface area contributed by atoms with Gasteiger partial charge in [0.25, 0.3) is 0 Å². The lowest BCUT2D eigenvalue weighted by molar-refractivity contribution is -0.140. The number of nitrogens with zero attached hydrogens (tertiary/aromatic N) is 3. The summed E-state index contributed by atoms with van der Waals surface area (Å²) < 4.78 is 1.61. The second-order valence-corrected chi connectivity index (χ2v) is 3.26. The summed E-state index contributed by atoms with van der Waals surface area (Å²) in [6.07, 6.45) is 1.47. The number of aryl methyl sites for hydroxylation is 1. The molecule has 0 saturated heterocycles. The number of aromatic nitrogens is 3. The highest BCUT2D eigenvalue weighted by molar-refractivity contribution is 5.82. The van der Waals surface area contributed by atoms with Gasteiger partial charge in [0.15, 0.2) is 11.9 Å². The van der Waals surface area contributed by atoms with Crippen molar-refractivity contribution in [3.05, 3.63) is 12.2 Å². The molecule has 4 N–H and O–H groups in total. The summed E-state index contributed by atoms with van der Waals surface area (Å²) >= 11 is 0. The van der Waals surface area contributed by atoms with Crippen LogP contribution in [0.15, 0.2) is 6.33 Å². The number of amides is 2. The summed E-state index contributed by atoms with van der Waals surface area (Å²) in [6, 6.07) is -2.02. The average molecular weight is 243 g/mol. The summed E-state index contributed by atoms with van der Waals surface area (Å²) in [4.78, 5) is 21.8. The molecule has 1 unspecified atom stereocenters. The minimum absolute atomic E-state index is 0.111. The van der Waals surface area contributed by atoms with Crippen molar-refractivity contribution in [2.75, 3.05) is 6.61 Å². The van der Waals surface area contributed by atoms with Gasteiger partial charge in [-0.25, -0.2) is 9.59 Å². The lowest BCUT2D eigenvalue weighted by atomic mass is 10.3. The quantitative estimate of drug-likeness (QED) is 0.476. The Bertz CT molecular complexity index is 404. The second kappa shape index (κ2) is 5.80. The molecule has 2 amide bonds. The number of carbonyl (C=O) groups excluding carboxylic acids is 1. The highest BCUT2D eigenvalue weighted by Crippen LogP contribution is 1.90. The number of aliphatic carboxylic acids is 1. The van der Waals surface area contributed by atoms with Crippen LogP contribution in [0, 0.1) is 0 Å². The summed E-state index contributed by atoms with van der Waals surface area (Å²) in [6.45, 7) is -0.563. The fourth-order valence-corrected chi connectivity index (χ4v) is 1.02. The van der Waals surface area contributed by atoms with Crippen molar-refractivity contribution in [3.8, 4) is 0 Å². The highest BCUT2D eigenvalue weighted by atomic mass is 16.4. The Labute approximate surface area is 96.5 Å². The van der Waals surface area contributed by atoms with E-state index in [1.165, 1.54) is 6.33 Å².